The van der Waals surface area contributed by atoms with Crippen molar-refractivity contribution in [3.63, 3.8) is 0 Å². The molecule has 1 aromatic carbocycles. The van der Waals surface area contributed by atoms with Gasteiger partial charge in [0, 0.05) is 29.2 Å². The first-order chi connectivity index (χ1) is 9.71. The van der Waals surface area contributed by atoms with Gasteiger partial charge in [0.2, 0.25) is 10.0 Å². The minimum Gasteiger partial charge on any atom is -0.389 e. The summed E-state index contributed by atoms with van der Waals surface area (Å²) in [4.78, 5) is 0.333. The number of sulfonamides is 1. The zero-order valence-corrected chi connectivity index (χ0v) is 15.0. The van der Waals surface area contributed by atoms with E-state index < -0.39 is 10.0 Å². The lowest BCUT2D eigenvalue weighted by Crippen LogP contribution is -2.43. The molecule has 0 amide bonds. The molecule has 0 bridgehead atoms. The van der Waals surface area contributed by atoms with Crippen molar-refractivity contribution >= 4 is 50.6 Å². The molecule has 0 saturated carbocycles. The molecule has 0 aliphatic carbocycles. The van der Waals surface area contributed by atoms with Crippen molar-refractivity contribution in [2.24, 2.45) is 5.73 Å². The molecule has 0 aromatic heterocycles. The summed E-state index contributed by atoms with van der Waals surface area (Å²) < 4.78 is 26.9. The largest absolute Gasteiger partial charge is 0.389 e. The van der Waals surface area contributed by atoms with E-state index in [0.29, 0.717) is 18.7 Å². The molecule has 1 fully saturated rings. The Labute approximate surface area is 140 Å². The molecule has 2 rings (SSSR count). The summed E-state index contributed by atoms with van der Waals surface area (Å²) in [6.07, 6.45) is 0. The number of hydrogen-bond acceptors (Lipinski definition) is 4. The van der Waals surface area contributed by atoms with Crippen LogP contribution >= 0.6 is 35.6 Å². The Bertz CT molecular complexity index is 653. The number of benzene rings is 1. The Hall–Kier alpha value is -0.340. The summed E-state index contributed by atoms with van der Waals surface area (Å²) >= 11 is 12.7. The third-order valence-electron chi connectivity index (χ3n) is 3.23. The number of thiocarbonyl (C=S) groups is 1. The molecule has 0 spiro atoms. The molecular weight excluding hydrogens is 348 g/mol. The van der Waals surface area contributed by atoms with Crippen molar-refractivity contribution in [3.8, 4) is 0 Å². The molecule has 8 heteroatoms. The van der Waals surface area contributed by atoms with Crippen LogP contribution in [0.5, 0.6) is 0 Å². The van der Waals surface area contributed by atoms with E-state index in [9.17, 15) is 8.42 Å². The van der Waals surface area contributed by atoms with Crippen molar-refractivity contribution in [2.75, 3.05) is 13.1 Å². The zero-order chi connectivity index (χ0) is 15.8. The quantitative estimate of drug-likeness (QED) is 0.835. The first-order valence-corrected chi connectivity index (χ1v) is 9.63. The van der Waals surface area contributed by atoms with Gasteiger partial charge in [0.05, 0.1) is 9.92 Å². The van der Waals surface area contributed by atoms with E-state index >= 15 is 0 Å². The normalized spacial score (nSPS) is 24.0. The van der Waals surface area contributed by atoms with Gasteiger partial charge in [-0.15, -0.1) is 0 Å². The Kier molecular flexibility index (Phi) is 5.20. The van der Waals surface area contributed by atoms with Gasteiger partial charge in [-0.05, 0) is 18.2 Å². The maximum absolute atomic E-state index is 12.7. The number of halogens is 1. The average Bonchev–Trinajstić information content (AvgIpc) is 2.36. The van der Waals surface area contributed by atoms with Crippen molar-refractivity contribution < 1.29 is 8.42 Å². The summed E-state index contributed by atoms with van der Waals surface area (Å²) in [5.41, 5.74) is 6.02. The lowest BCUT2D eigenvalue weighted by molar-refractivity contribution is 0.405. The molecular formula is C13H17ClN2O2S3. The Balaban J connectivity index is 2.35. The summed E-state index contributed by atoms with van der Waals surface area (Å²) in [5, 5.41) is 0.806. The number of nitrogens with two attached hydrogens (primary N) is 1. The van der Waals surface area contributed by atoms with Crippen LogP contribution in [0.15, 0.2) is 23.1 Å². The van der Waals surface area contributed by atoms with E-state index in [2.05, 4.69) is 0 Å². The molecule has 0 radical (unpaired) electrons. The molecule has 4 nitrogen and oxygen atoms in total. The van der Waals surface area contributed by atoms with Gasteiger partial charge in [-0.1, -0.05) is 37.7 Å². The summed E-state index contributed by atoms with van der Waals surface area (Å²) in [6.45, 7) is 5.08. The summed E-state index contributed by atoms with van der Waals surface area (Å²) in [5.74, 6) is 0. The number of hydrogen-bond donors (Lipinski definition) is 1. The predicted octanol–water partition coefficient (Wildman–Crippen LogP) is 2.49. The second-order valence-electron chi connectivity index (χ2n) is 5.09. The Morgan fingerprint density at radius 1 is 1.38 bits per heavy atom. The smallest absolute Gasteiger partial charge is 0.243 e. The molecule has 1 aliphatic heterocycles. The second kappa shape index (κ2) is 6.42. The van der Waals surface area contributed by atoms with Crippen LogP contribution < -0.4 is 5.73 Å². The highest BCUT2D eigenvalue weighted by Gasteiger charge is 2.32. The zero-order valence-electron chi connectivity index (χ0n) is 11.7. The van der Waals surface area contributed by atoms with Gasteiger partial charge in [0.15, 0.2) is 0 Å². The van der Waals surface area contributed by atoms with Crippen LogP contribution in [0, 0.1) is 0 Å². The van der Waals surface area contributed by atoms with Gasteiger partial charge in [0.25, 0.3) is 0 Å². The second-order valence-corrected chi connectivity index (χ2v) is 9.75. The fourth-order valence-electron chi connectivity index (χ4n) is 2.33. The molecule has 1 aliphatic rings. The van der Waals surface area contributed by atoms with E-state index in [1.165, 1.54) is 16.4 Å². The van der Waals surface area contributed by atoms with Crippen LogP contribution in [-0.4, -0.2) is 41.3 Å². The third-order valence-corrected chi connectivity index (χ3v) is 6.82. The minimum absolute atomic E-state index is 0.153. The van der Waals surface area contributed by atoms with Gasteiger partial charge < -0.3 is 5.73 Å². The van der Waals surface area contributed by atoms with Gasteiger partial charge in [-0.25, -0.2) is 8.42 Å². The van der Waals surface area contributed by atoms with Crippen molar-refractivity contribution in [1.82, 2.24) is 4.31 Å². The SMILES string of the molecule is CC1CN(S(=O)(=O)c2ccc(C(N)=S)c(Cl)c2)CC(C)S1. The molecule has 2 unspecified atom stereocenters. The molecule has 1 aromatic rings. The third kappa shape index (κ3) is 3.71. The molecule has 116 valence electrons. The molecule has 21 heavy (non-hydrogen) atoms. The molecule has 1 saturated heterocycles. The van der Waals surface area contributed by atoms with Crippen LogP contribution in [0.2, 0.25) is 5.02 Å². The van der Waals surface area contributed by atoms with Crippen LogP contribution in [0.1, 0.15) is 19.4 Å². The molecule has 2 atom stereocenters. The van der Waals surface area contributed by atoms with E-state index in [4.69, 9.17) is 29.6 Å². The van der Waals surface area contributed by atoms with E-state index in [1.54, 1.807) is 17.8 Å². The van der Waals surface area contributed by atoms with Gasteiger partial charge in [-0.3, -0.25) is 0 Å². The average molecular weight is 365 g/mol. The summed E-state index contributed by atoms with van der Waals surface area (Å²) in [7, 11) is -3.54. The highest BCUT2D eigenvalue weighted by molar-refractivity contribution is 8.00. The highest BCUT2D eigenvalue weighted by Crippen LogP contribution is 2.30. The number of thioether (sulfide) groups is 1. The van der Waals surface area contributed by atoms with E-state index in [1.807, 2.05) is 13.8 Å². The van der Waals surface area contributed by atoms with E-state index in [0.717, 1.165) is 0 Å². The van der Waals surface area contributed by atoms with Crippen molar-refractivity contribution in [2.45, 2.75) is 29.2 Å². The maximum atomic E-state index is 12.7. The maximum Gasteiger partial charge on any atom is 0.243 e. The fourth-order valence-corrected chi connectivity index (χ4v) is 6.07. The minimum atomic E-state index is -3.54. The Morgan fingerprint density at radius 2 is 1.95 bits per heavy atom. The highest BCUT2D eigenvalue weighted by atomic mass is 35.5. The Morgan fingerprint density at radius 3 is 2.43 bits per heavy atom. The van der Waals surface area contributed by atoms with Gasteiger partial charge in [-0.2, -0.15) is 16.1 Å². The van der Waals surface area contributed by atoms with Crippen LogP contribution in [-0.2, 0) is 10.0 Å². The summed E-state index contributed by atoms with van der Waals surface area (Å²) in [6, 6.07) is 4.48. The standard InChI is InChI=1S/C13H17ClN2O2S3/c1-8-6-16(7-9(2)20-8)21(17,18)10-3-4-11(13(15)19)12(14)5-10/h3-5,8-9H,6-7H2,1-2H3,(H2,15,19). The fraction of sp³-hybridized carbons (Fsp3) is 0.462. The monoisotopic (exact) mass is 364 g/mol. The first kappa shape index (κ1) is 17.0. The molecule has 1 heterocycles. The van der Waals surface area contributed by atoms with E-state index in [-0.39, 0.29) is 25.4 Å². The topological polar surface area (TPSA) is 63.4 Å². The van der Waals surface area contributed by atoms with Crippen molar-refractivity contribution in [3.05, 3.63) is 28.8 Å². The lowest BCUT2D eigenvalue weighted by atomic mass is 10.2. The van der Waals surface area contributed by atoms with Crippen LogP contribution in [0.3, 0.4) is 0 Å². The van der Waals surface area contributed by atoms with Crippen LogP contribution in [0.25, 0.3) is 0 Å². The van der Waals surface area contributed by atoms with Crippen LogP contribution in [0.4, 0.5) is 0 Å². The predicted molar refractivity (Wildman–Crippen MR) is 92.6 cm³/mol. The first-order valence-electron chi connectivity index (χ1n) is 6.46. The number of nitrogens with zero attached hydrogens (tertiary/aromatic N) is 1. The molecule has 2 N–H and O–H groups in total. The number of rotatable bonds is 3. The van der Waals surface area contributed by atoms with Crippen molar-refractivity contribution in [1.29, 1.82) is 0 Å². The van der Waals surface area contributed by atoms with Gasteiger partial charge >= 0.3 is 0 Å². The lowest BCUT2D eigenvalue weighted by Gasteiger charge is -2.33. The van der Waals surface area contributed by atoms with Gasteiger partial charge in [0.1, 0.15) is 4.99 Å².